The van der Waals surface area contributed by atoms with E-state index >= 15 is 0 Å². The number of tetrazole rings is 1. The summed E-state index contributed by atoms with van der Waals surface area (Å²) in [7, 11) is 0. The second kappa shape index (κ2) is 3.88. The van der Waals surface area contributed by atoms with E-state index in [1.807, 2.05) is 17.5 Å². The normalized spacial score (nSPS) is 11.1. The Morgan fingerprint density at radius 3 is 3.00 bits per heavy atom. The van der Waals surface area contributed by atoms with Crippen LogP contribution < -0.4 is 0 Å². The van der Waals surface area contributed by atoms with E-state index in [1.54, 1.807) is 16.1 Å². The Morgan fingerprint density at radius 2 is 2.36 bits per heavy atom. The lowest BCUT2D eigenvalue weighted by atomic mass is 10.2. The van der Waals surface area contributed by atoms with Crippen LogP contribution in [0.1, 0.15) is 13.8 Å². The number of nitrogens with zero attached hydrogens (tertiary/aromatic N) is 4. The van der Waals surface area contributed by atoms with Gasteiger partial charge in [0.15, 0.2) is 0 Å². The molecule has 0 spiro atoms. The van der Waals surface area contributed by atoms with Crippen molar-refractivity contribution in [1.82, 2.24) is 20.2 Å². The van der Waals surface area contributed by atoms with Crippen molar-refractivity contribution in [3.63, 3.8) is 0 Å². The second-order valence-electron chi connectivity index (χ2n) is 3.54. The first-order valence-corrected chi connectivity index (χ1v) is 5.45. The van der Waals surface area contributed by atoms with Crippen molar-refractivity contribution >= 4 is 11.3 Å². The molecule has 0 aliphatic carbocycles. The molecule has 0 radical (unpaired) electrons. The smallest absolute Gasteiger partial charge is 0.164 e. The summed E-state index contributed by atoms with van der Waals surface area (Å²) < 4.78 is 0. The van der Waals surface area contributed by atoms with Crippen LogP contribution in [0.5, 0.6) is 0 Å². The van der Waals surface area contributed by atoms with E-state index in [4.69, 9.17) is 0 Å². The first-order valence-electron chi connectivity index (χ1n) is 4.57. The van der Waals surface area contributed by atoms with Crippen molar-refractivity contribution in [2.24, 2.45) is 5.92 Å². The SMILES string of the molecule is CC(C)Cn1nnc(-c2cccs2)n1. The maximum absolute atomic E-state index is 4.30. The van der Waals surface area contributed by atoms with Crippen molar-refractivity contribution < 1.29 is 0 Å². The first-order chi connectivity index (χ1) is 6.75. The molecule has 0 saturated carbocycles. The van der Waals surface area contributed by atoms with Gasteiger partial charge in [0.2, 0.25) is 5.82 Å². The molecular formula is C9H12N4S. The molecule has 0 aliphatic heterocycles. The molecule has 0 aliphatic rings. The average Bonchev–Trinajstić information content (AvgIpc) is 2.69. The van der Waals surface area contributed by atoms with Crippen LogP contribution in [0.2, 0.25) is 0 Å². The van der Waals surface area contributed by atoms with E-state index in [-0.39, 0.29) is 0 Å². The number of aromatic nitrogens is 4. The third-order valence-electron chi connectivity index (χ3n) is 1.72. The highest BCUT2D eigenvalue weighted by molar-refractivity contribution is 7.13. The zero-order valence-corrected chi connectivity index (χ0v) is 9.03. The van der Waals surface area contributed by atoms with E-state index in [1.165, 1.54) is 0 Å². The largest absolute Gasteiger partial charge is 0.214 e. The van der Waals surface area contributed by atoms with Gasteiger partial charge in [0.1, 0.15) is 0 Å². The summed E-state index contributed by atoms with van der Waals surface area (Å²) in [5.74, 6) is 1.26. The Morgan fingerprint density at radius 1 is 1.50 bits per heavy atom. The molecule has 0 bridgehead atoms. The van der Waals surface area contributed by atoms with Gasteiger partial charge < -0.3 is 0 Å². The van der Waals surface area contributed by atoms with Crippen molar-refractivity contribution in [3.05, 3.63) is 17.5 Å². The molecule has 0 N–H and O–H groups in total. The molecule has 2 heterocycles. The minimum atomic E-state index is 0.542. The molecule has 0 fully saturated rings. The van der Waals surface area contributed by atoms with Crippen LogP contribution in [0.15, 0.2) is 17.5 Å². The molecule has 0 amide bonds. The fourth-order valence-corrected chi connectivity index (χ4v) is 1.80. The van der Waals surface area contributed by atoms with Crippen LogP contribution >= 0.6 is 11.3 Å². The lowest BCUT2D eigenvalue weighted by molar-refractivity contribution is 0.430. The maximum atomic E-state index is 4.30. The van der Waals surface area contributed by atoms with Gasteiger partial charge in [0.05, 0.1) is 11.4 Å². The van der Waals surface area contributed by atoms with Gasteiger partial charge in [0.25, 0.3) is 0 Å². The minimum absolute atomic E-state index is 0.542. The Balaban J connectivity index is 2.18. The fraction of sp³-hybridized carbons (Fsp3) is 0.444. The number of rotatable bonds is 3. The summed E-state index contributed by atoms with van der Waals surface area (Å²) in [6.07, 6.45) is 0. The molecule has 0 atom stereocenters. The van der Waals surface area contributed by atoms with E-state index in [0.717, 1.165) is 17.2 Å². The zero-order valence-electron chi connectivity index (χ0n) is 8.21. The van der Waals surface area contributed by atoms with Gasteiger partial charge in [-0.1, -0.05) is 19.9 Å². The van der Waals surface area contributed by atoms with E-state index in [2.05, 4.69) is 29.3 Å². The average molecular weight is 208 g/mol. The van der Waals surface area contributed by atoms with Gasteiger partial charge in [-0.3, -0.25) is 0 Å². The molecule has 74 valence electrons. The number of thiophene rings is 1. The third-order valence-corrected chi connectivity index (χ3v) is 2.59. The summed E-state index contributed by atoms with van der Waals surface area (Å²) in [6.45, 7) is 5.08. The lowest BCUT2D eigenvalue weighted by Crippen LogP contribution is -2.07. The molecule has 0 unspecified atom stereocenters. The highest BCUT2D eigenvalue weighted by Crippen LogP contribution is 2.19. The Bertz CT molecular complexity index is 391. The summed E-state index contributed by atoms with van der Waals surface area (Å²) >= 11 is 1.63. The molecule has 14 heavy (non-hydrogen) atoms. The maximum Gasteiger partial charge on any atom is 0.214 e. The van der Waals surface area contributed by atoms with Gasteiger partial charge in [-0.25, -0.2) is 0 Å². The lowest BCUT2D eigenvalue weighted by Gasteiger charge is -1.99. The van der Waals surface area contributed by atoms with Gasteiger partial charge in [-0.05, 0) is 22.6 Å². The van der Waals surface area contributed by atoms with Gasteiger partial charge in [-0.15, -0.1) is 21.5 Å². The molecule has 2 aromatic heterocycles. The molecule has 5 heteroatoms. The van der Waals surface area contributed by atoms with Crippen LogP contribution in [0.3, 0.4) is 0 Å². The number of hydrogen-bond donors (Lipinski definition) is 0. The topological polar surface area (TPSA) is 43.6 Å². The third kappa shape index (κ3) is 1.98. The quantitative estimate of drug-likeness (QED) is 0.775. The Hall–Kier alpha value is -1.23. The van der Waals surface area contributed by atoms with E-state index in [9.17, 15) is 0 Å². The summed E-state index contributed by atoms with van der Waals surface area (Å²) in [5.41, 5.74) is 0. The van der Waals surface area contributed by atoms with Gasteiger partial charge >= 0.3 is 0 Å². The molecule has 0 saturated heterocycles. The van der Waals surface area contributed by atoms with Gasteiger partial charge in [0, 0.05) is 0 Å². The fourth-order valence-electron chi connectivity index (χ4n) is 1.15. The Labute approximate surface area is 86.6 Å². The monoisotopic (exact) mass is 208 g/mol. The molecule has 0 aromatic carbocycles. The predicted molar refractivity (Wildman–Crippen MR) is 56.0 cm³/mol. The van der Waals surface area contributed by atoms with Gasteiger partial charge in [-0.2, -0.15) is 4.80 Å². The van der Waals surface area contributed by atoms with Crippen LogP contribution in [-0.2, 0) is 6.54 Å². The molecular weight excluding hydrogens is 196 g/mol. The Kier molecular flexibility index (Phi) is 2.58. The van der Waals surface area contributed by atoms with Crippen LogP contribution in [0.4, 0.5) is 0 Å². The highest BCUT2D eigenvalue weighted by atomic mass is 32.1. The standard InChI is InChI=1S/C9H12N4S/c1-7(2)6-13-11-9(10-12-13)8-4-3-5-14-8/h3-5,7H,6H2,1-2H3. The number of hydrogen-bond acceptors (Lipinski definition) is 4. The van der Waals surface area contributed by atoms with Crippen LogP contribution in [-0.4, -0.2) is 20.2 Å². The zero-order chi connectivity index (χ0) is 9.97. The second-order valence-corrected chi connectivity index (χ2v) is 4.49. The molecule has 2 aromatic rings. The van der Waals surface area contributed by atoms with E-state index < -0.39 is 0 Å². The van der Waals surface area contributed by atoms with Crippen molar-refractivity contribution in [2.45, 2.75) is 20.4 Å². The van der Waals surface area contributed by atoms with Crippen molar-refractivity contribution in [3.8, 4) is 10.7 Å². The minimum Gasteiger partial charge on any atom is -0.164 e. The molecule has 2 rings (SSSR count). The van der Waals surface area contributed by atoms with Crippen LogP contribution in [0, 0.1) is 5.92 Å². The van der Waals surface area contributed by atoms with Crippen LogP contribution in [0.25, 0.3) is 10.7 Å². The summed E-state index contributed by atoms with van der Waals surface area (Å²) in [4.78, 5) is 2.72. The summed E-state index contributed by atoms with van der Waals surface area (Å²) in [5, 5.41) is 14.3. The predicted octanol–water partition coefficient (Wildman–Crippen LogP) is 2.06. The summed E-state index contributed by atoms with van der Waals surface area (Å²) in [6, 6.07) is 3.99. The molecule has 4 nitrogen and oxygen atoms in total. The van der Waals surface area contributed by atoms with Crippen molar-refractivity contribution in [2.75, 3.05) is 0 Å². The highest BCUT2D eigenvalue weighted by Gasteiger charge is 2.06. The van der Waals surface area contributed by atoms with E-state index in [0.29, 0.717) is 5.92 Å². The van der Waals surface area contributed by atoms with Crippen molar-refractivity contribution in [1.29, 1.82) is 0 Å². The first kappa shape index (κ1) is 9.33.